The van der Waals surface area contributed by atoms with Crippen molar-refractivity contribution in [2.45, 2.75) is 13.1 Å². The van der Waals surface area contributed by atoms with Crippen molar-refractivity contribution in [2.75, 3.05) is 0 Å². The van der Waals surface area contributed by atoms with Gasteiger partial charge in [0.2, 0.25) is 0 Å². The van der Waals surface area contributed by atoms with Crippen molar-refractivity contribution in [3.8, 4) is 39.5 Å². The third kappa shape index (κ3) is 3.75. The zero-order valence-corrected chi connectivity index (χ0v) is 27.0. The highest BCUT2D eigenvalue weighted by molar-refractivity contribution is 7.03. The van der Waals surface area contributed by atoms with E-state index in [2.05, 4.69) is 145 Å². The Kier molecular flexibility index (Phi) is 5.41. The van der Waals surface area contributed by atoms with E-state index in [1.807, 2.05) is 12.1 Å². The van der Waals surface area contributed by atoms with Gasteiger partial charge in [0.05, 0.1) is 16.7 Å². The van der Waals surface area contributed by atoms with Gasteiger partial charge in [-0.15, -0.1) is 0 Å². The molecule has 0 amide bonds. The Morgan fingerprint density at radius 3 is 2.19 bits per heavy atom. The van der Waals surface area contributed by atoms with Crippen LogP contribution in [0.25, 0.3) is 83.2 Å². The van der Waals surface area contributed by atoms with Gasteiger partial charge in [-0.1, -0.05) is 116 Å². The quantitative estimate of drug-likeness (QED) is 0.185. The number of benzene rings is 6. The molecule has 0 spiro atoms. The summed E-state index contributed by atoms with van der Waals surface area (Å²) in [6.07, 6.45) is 0. The molecule has 5 heteroatoms. The first-order valence-corrected chi connectivity index (χ1v) is 19.1. The second kappa shape index (κ2) is 9.61. The first-order chi connectivity index (χ1) is 23.1. The highest BCUT2D eigenvalue weighted by Gasteiger charge is 2.41. The Bertz CT molecular complexity index is 2720. The summed E-state index contributed by atoms with van der Waals surface area (Å²) < 4.78 is 8.70. The van der Waals surface area contributed by atoms with E-state index in [9.17, 15) is 0 Å². The van der Waals surface area contributed by atoms with Crippen molar-refractivity contribution >= 4 is 62.3 Å². The zero-order chi connectivity index (χ0) is 31.3. The Morgan fingerprint density at radius 1 is 0.553 bits per heavy atom. The number of fused-ring (bicyclic) bond motifs is 9. The van der Waals surface area contributed by atoms with E-state index in [4.69, 9.17) is 14.4 Å². The Hall–Kier alpha value is -5.78. The van der Waals surface area contributed by atoms with E-state index in [-0.39, 0.29) is 0 Å². The minimum atomic E-state index is -2.06. The van der Waals surface area contributed by atoms with Crippen molar-refractivity contribution < 1.29 is 4.42 Å². The molecule has 0 saturated carbocycles. The molecular formula is C42H29N3OSi. The van der Waals surface area contributed by atoms with Crippen LogP contribution < -0.4 is 10.5 Å². The molecule has 0 aliphatic carbocycles. The molecule has 4 nitrogen and oxygen atoms in total. The minimum Gasteiger partial charge on any atom is -0.456 e. The van der Waals surface area contributed by atoms with Gasteiger partial charge in [0.15, 0.2) is 5.82 Å². The summed E-state index contributed by atoms with van der Waals surface area (Å²) >= 11 is 0. The molecule has 0 radical (unpaired) electrons. The molecular weight excluding hydrogens is 591 g/mol. The van der Waals surface area contributed by atoms with Crippen LogP contribution in [0.4, 0.5) is 0 Å². The lowest BCUT2D eigenvalue weighted by atomic mass is 10.0. The molecule has 6 aromatic carbocycles. The van der Waals surface area contributed by atoms with Crippen molar-refractivity contribution in [1.82, 2.24) is 14.5 Å². The summed E-state index contributed by atoms with van der Waals surface area (Å²) in [6, 6.07) is 49.5. The van der Waals surface area contributed by atoms with Gasteiger partial charge in [-0.05, 0) is 41.1 Å². The summed E-state index contributed by atoms with van der Waals surface area (Å²) in [5.74, 6) is 0.762. The third-order valence-electron chi connectivity index (χ3n) is 9.95. The van der Waals surface area contributed by atoms with Crippen molar-refractivity contribution in [3.05, 3.63) is 140 Å². The second-order valence-corrected chi connectivity index (χ2v) is 17.3. The van der Waals surface area contributed by atoms with Gasteiger partial charge < -0.3 is 8.98 Å². The summed E-state index contributed by atoms with van der Waals surface area (Å²) in [4.78, 5) is 10.8. The number of nitrogens with zero attached hydrogens (tertiary/aromatic N) is 3. The van der Waals surface area contributed by atoms with Crippen LogP contribution in [0, 0.1) is 0 Å². The SMILES string of the molecule is C[Si]1(C)c2ccccc2-c2c(-c3ccccc3)nc(-c3cccc(-n4c5ccccc5c5cc6c(cc54)oc4ccccc46)c3)nc21. The van der Waals surface area contributed by atoms with Crippen LogP contribution in [-0.2, 0) is 0 Å². The Labute approximate surface area is 272 Å². The standard InChI is InChI=1S/C42H29N3OSi/c1-47(2)38-22-11-8-19-31(38)39-40(26-13-4-3-5-14-26)43-41(44-42(39)47)27-15-12-16-28(23-27)45-34-20-9-6-17-29(34)32-24-33-30-18-7-10-21-36(30)46-37(33)25-35(32)45/h3-25H,1-2H3. The molecule has 0 atom stereocenters. The van der Waals surface area contributed by atoms with Crippen LogP contribution >= 0.6 is 0 Å². The number of rotatable bonds is 3. The predicted octanol–water partition coefficient (Wildman–Crippen LogP) is 9.61. The molecule has 1 aliphatic rings. The van der Waals surface area contributed by atoms with Crippen LogP contribution in [0.1, 0.15) is 0 Å². The normalized spacial score (nSPS) is 13.5. The van der Waals surface area contributed by atoms with Crippen LogP contribution in [0.2, 0.25) is 13.1 Å². The molecule has 47 heavy (non-hydrogen) atoms. The lowest BCUT2D eigenvalue weighted by Crippen LogP contribution is -2.50. The predicted molar refractivity (Wildman–Crippen MR) is 197 cm³/mol. The van der Waals surface area contributed by atoms with Gasteiger partial charge in [0.1, 0.15) is 19.2 Å². The van der Waals surface area contributed by atoms with Gasteiger partial charge in [-0.2, -0.15) is 0 Å². The van der Waals surface area contributed by atoms with Gasteiger partial charge >= 0.3 is 0 Å². The lowest BCUT2D eigenvalue weighted by Gasteiger charge is -2.19. The molecule has 0 unspecified atom stereocenters. The zero-order valence-electron chi connectivity index (χ0n) is 26.0. The molecule has 1 aliphatic heterocycles. The first kappa shape index (κ1) is 26.4. The fourth-order valence-electron chi connectivity index (χ4n) is 7.73. The van der Waals surface area contributed by atoms with Crippen LogP contribution in [0.5, 0.6) is 0 Å². The average Bonchev–Trinajstić information content (AvgIpc) is 3.72. The molecule has 0 N–H and O–H groups in total. The largest absolute Gasteiger partial charge is 0.456 e. The van der Waals surface area contributed by atoms with E-state index in [0.29, 0.717) is 0 Å². The fraction of sp³-hybridized carbons (Fsp3) is 0.0476. The second-order valence-electron chi connectivity index (χ2n) is 13.0. The first-order valence-electron chi connectivity index (χ1n) is 16.1. The van der Waals surface area contributed by atoms with Gasteiger partial charge in [0.25, 0.3) is 0 Å². The third-order valence-corrected chi connectivity index (χ3v) is 13.3. The topological polar surface area (TPSA) is 43.9 Å². The van der Waals surface area contributed by atoms with Gasteiger partial charge in [-0.25, -0.2) is 9.97 Å². The highest BCUT2D eigenvalue weighted by Crippen LogP contribution is 2.40. The summed E-state index contributed by atoms with van der Waals surface area (Å²) in [5, 5.41) is 7.32. The maximum absolute atomic E-state index is 6.35. The fourth-order valence-corrected chi connectivity index (χ4v) is 10.6. The van der Waals surface area contributed by atoms with E-state index in [1.54, 1.807) is 0 Å². The van der Waals surface area contributed by atoms with E-state index < -0.39 is 8.07 Å². The maximum atomic E-state index is 6.35. The minimum absolute atomic E-state index is 0.762. The smallest absolute Gasteiger partial charge is 0.159 e. The number of para-hydroxylation sites is 2. The molecule has 0 fully saturated rings. The molecule has 3 aromatic heterocycles. The molecule has 0 saturated heterocycles. The van der Waals surface area contributed by atoms with Crippen LogP contribution in [-0.4, -0.2) is 22.6 Å². The Balaban J connectivity index is 1.22. The summed E-state index contributed by atoms with van der Waals surface area (Å²) in [5.41, 5.74) is 10.7. The Morgan fingerprint density at radius 2 is 1.30 bits per heavy atom. The molecule has 222 valence electrons. The van der Waals surface area contributed by atoms with Gasteiger partial charge in [0, 0.05) is 55.3 Å². The molecule has 9 aromatic rings. The monoisotopic (exact) mass is 619 g/mol. The number of aromatic nitrogens is 3. The lowest BCUT2D eigenvalue weighted by molar-refractivity contribution is 0.669. The van der Waals surface area contributed by atoms with E-state index >= 15 is 0 Å². The molecule has 10 rings (SSSR count). The summed E-state index contributed by atoms with van der Waals surface area (Å²) in [6.45, 7) is 4.83. The maximum Gasteiger partial charge on any atom is 0.159 e. The number of hydrogen-bond acceptors (Lipinski definition) is 3. The van der Waals surface area contributed by atoms with Crippen molar-refractivity contribution in [3.63, 3.8) is 0 Å². The number of hydrogen-bond donors (Lipinski definition) is 0. The van der Waals surface area contributed by atoms with E-state index in [0.717, 1.165) is 61.3 Å². The van der Waals surface area contributed by atoms with Gasteiger partial charge in [-0.3, -0.25) is 0 Å². The average molecular weight is 620 g/mol. The van der Waals surface area contributed by atoms with Crippen LogP contribution in [0.15, 0.2) is 144 Å². The molecule has 0 bridgehead atoms. The molecule has 4 heterocycles. The summed E-state index contributed by atoms with van der Waals surface area (Å²) in [7, 11) is -2.06. The highest BCUT2D eigenvalue weighted by atomic mass is 28.3. The van der Waals surface area contributed by atoms with Crippen LogP contribution in [0.3, 0.4) is 0 Å². The van der Waals surface area contributed by atoms with Crippen molar-refractivity contribution in [2.24, 2.45) is 0 Å². The van der Waals surface area contributed by atoms with E-state index in [1.165, 1.54) is 32.4 Å². The number of furan rings is 1. The van der Waals surface area contributed by atoms with Crippen molar-refractivity contribution in [1.29, 1.82) is 0 Å².